The molecule has 5 rings (SSSR count). The molecule has 1 saturated heterocycles. The first-order valence-corrected chi connectivity index (χ1v) is 9.03. The third-order valence-electron chi connectivity index (χ3n) is 6.04. The van der Waals surface area contributed by atoms with E-state index in [1.165, 1.54) is 11.1 Å². The summed E-state index contributed by atoms with van der Waals surface area (Å²) in [6, 6.07) is 12.0. The molecule has 0 bridgehead atoms. The molecule has 1 aromatic carbocycles. The van der Waals surface area contributed by atoms with E-state index in [2.05, 4.69) is 22.2 Å². The Morgan fingerprint density at radius 3 is 2.81 bits per heavy atom. The molecule has 1 aliphatic carbocycles. The van der Waals surface area contributed by atoms with Crippen LogP contribution in [0, 0.1) is 0 Å². The molecule has 6 heteroatoms. The molecular weight excluding hydrogens is 328 g/mol. The maximum absolute atomic E-state index is 13.0. The van der Waals surface area contributed by atoms with Gasteiger partial charge in [0.05, 0.1) is 12.3 Å². The molecule has 1 amide bonds. The first-order chi connectivity index (χ1) is 12.7. The van der Waals surface area contributed by atoms with E-state index in [1.807, 2.05) is 23.1 Å². The Labute approximate surface area is 151 Å². The Morgan fingerprint density at radius 1 is 1.15 bits per heavy atom. The van der Waals surface area contributed by atoms with Crippen LogP contribution in [0.3, 0.4) is 0 Å². The standard InChI is InChI=1S/C20H20N4O2/c25-17-12-14-4-1-2-5-15(14)20(17)7-10-23(11-8-20)19(26)16-13-21-18-6-3-9-22-24(16)18/h1-6,9,13,17,25H,7-8,10-12H2. The number of hydrogen-bond donors (Lipinski definition) is 1. The minimum absolute atomic E-state index is 0.0492. The van der Waals surface area contributed by atoms with Gasteiger partial charge in [0.1, 0.15) is 0 Å². The van der Waals surface area contributed by atoms with Crippen LogP contribution in [0.25, 0.3) is 5.65 Å². The number of hydrogen-bond acceptors (Lipinski definition) is 4. The number of aliphatic hydroxyl groups excluding tert-OH is 1. The van der Waals surface area contributed by atoms with Crippen LogP contribution in [0.2, 0.25) is 0 Å². The van der Waals surface area contributed by atoms with E-state index in [1.54, 1.807) is 23.0 Å². The Hall–Kier alpha value is -2.73. The van der Waals surface area contributed by atoms with Crippen molar-refractivity contribution in [2.45, 2.75) is 30.8 Å². The average Bonchev–Trinajstić information content (AvgIpc) is 3.22. The summed E-state index contributed by atoms with van der Waals surface area (Å²) >= 11 is 0. The van der Waals surface area contributed by atoms with Crippen molar-refractivity contribution in [1.29, 1.82) is 0 Å². The first-order valence-electron chi connectivity index (χ1n) is 9.03. The summed E-state index contributed by atoms with van der Waals surface area (Å²) < 4.78 is 1.59. The van der Waals surface area contributed by atoms with Crippen molar-refractivity contribution in [1.82, 2.24) is 19.5 Å². The van der Waals surface area contributed by atoms with Crippen molar-refractivity contribution in [2.24, 2.45) is 0 Å². The molecule has 1 aliphatic heterocycles. The van der Waals surface area contributed by atoms with Crippen LogP contribution in [0.1, 0.15) is 34.5 Å². The fraction of sp³-hybridized carbons (Fsp3) is 0.350. The van der Waals surface area contributed by atoms with Crippen LogP contribution in [-0.2, 0) is 11.8 Å². The molecule has 6 nitrogen and oxygen atoms in total. The maximum Gasteiger partial charge on any atom is 0.274 e. The van der Waals surface area contributed by atoms with Crippen LogP contribution in [0.15, 0.2) is 48.8 Å². The molecule has 2 aromatic heterocycles. The largest absolute Gasteiger partial charge is 0.392 e. The van der Waals surface area contributed by atoms with Gasteiger partial charge in [0, 0.05) is 24.7 Å². The van der Waals surface area contributed by atoms with Gasteiger partial charge in [-0.3, -0.25) is 4.79 Å². The van der Waals surface area contributed by atoms with Gasteiger partial charge in [0.15, 0.2) is 11.3 Å². The van der Waals surface area contributed by atoms with E-state index >= 15 is 0 Å². The van der Waals surface area contributed by atoms with Crippen molar-refractivity contribution in [3.05, 3.63) is 65.6 Å². The number of piperidine rings is 1. The first kappa shape index (κ1) is 15.5. The van der Waals surface area contributed by atoms with Crippen LogP contribution < -0.4 is 0 Å². The molecule has 2 aliphatic rings. The lowest BCUT2D eigenvalue weighted by molar-refractivity contribution is 0.0361. The van der Waals surface area contributed by atoms with Gasteiger partial charge in [0.2, 0.25) is 0 Å². The number of carbonyl (C=O) groups excluding carboxylic acids is 1. The number of amides is 1. The van der Waals surface area contributed by atoms with Gasteiger partial charge in [-0.1, -0.05) is 24.3 Å². The SMILES string of the molecule is O=C(c1cnc2cccnn12)N1CCC2(CC1)c1ccccc1CC2O. The summed E-state index contributed by atoms with van der Waals surface area (Å²) in [6.45, 7) is 1.26. The number of nitrogens with zero attached hydrogens (tertiary/aromatic N) is 4. The van der Waals surface area contributed by atoms with E-state index in [-0.39, 0.29) is 17.4 Å². The topological polar surface area (TPSA) is 70.7 Å². The molecule has 3 aromatic rings. The molecule has 1 N–H and O–H groups in total. The Balaban J connectivity index is 1.40. The number of benzene rings is 1. The minimum Gasteiger partial charge on any atom is -0.392 e. The third kappa shape index (κ3) is 2.12. The molecule has 1 unspecified atom stereocenters. The van der Waals surface area contributed by atoms with E-state index in [4.69, 9.17) is 0 Å². The van der Waals surface area contributed by atoms with Gasteiger partial charge in [-0.2, -0.15) is 5.10 Å². The second-order valence-electron chi connectivity index (χ2n) is 7.26. The smallest absolute Gasteiger partial charge is 0.274 e. The third-order valence-corrected chi connectivity index (χ3v) is 6.04. The highest BCUT2D eigenvalue weighted by atomic mass is 16.3. The summed E-state index contributed by atoms with van der Waals surface area (Å²) in [5.41, 5.74) is 3.45. The second-order valence-corrected chi connectivity index (χ2v) is 7.26. The second kappa shape index (κ2) is 5.64. The van der Waals surface area contributed by atoms with Crippen molar-refractivity contribution >= 4 is 11.6 Å². The normalized spacial score (nSPS) is 21.3. The predicted molar refractivity (Wildman–Crippen MR) is 96.0 cm³/mol. The highest BCUT2D eigenvalue weighted by molar-refractivity contribution is 5.93. The highest BCUT2D eigenvalue weighted by Gasteiger charge is 2.48. The van der Waals surface area contributed by atoms with Gasteiger partial charge < -0.3 is 10.0 Å². The van der Waals surface area contributed by atoms with Crippen molar-refractivity contribution in [3.63, 3.8) is 0 Å². The van der Waals surface area contributed by atoms with Gasteiger partial charge in [0.25, 0.3) is 5.91 Å². The zero-order valence-corrected chi connectivity index (χ0v) is 14.4. The molecule has 0 saturated carbocycles. The summed E-state index contributed by atoms with van der Waals surface area (Å²) in [7, 11) is 0. The van der Waals surface area contributed by atoms with Gasteiger partial charge in [-0.25, -0.2) is 9.50 Å². The van der Waals surface area contributed by atoms with Gasteiger partial charge >= 0.3 is 0 Å². The molecule has 26 heavy (non-hydrogen) atoms. The highest BCUT2D eigenvalue weighted by Crippen LogP contribution is 2.46. The molecule has 0 radical (unpaired) electrons. The van der Waals surface area contributed by atoms with Gasteiger partial charge in [-0.15, -0.1) is 0 Å². The molecular formula is C20H20N4O2. The molecule has 1 atom stereocenters. The van der Waals surface area contributed by atoms with E-state index in [0.717, 1.165) is 12.8 Å². The quantitative estimate of drug-likeness (QED) is 0.728. The Bertz CT molecular complexity index is 988. The lowest BCUT2D eigenvalue weighted by atomic mass is 9.72. The fourth-order valence-electron chi connectivity index (χ4n) is 4.62. The fourth-order valence-corrected chi connectivity index (χ4v) is 4.62. The van der Waals surface area contributed by atoms with Crippen molar-refractivity contribution in [2.75, 3.05) is 13.1 Å². The molecule has 132 valence electrons. The summed E-state index contributed by atoms with van der Waals surface area (Å²) in [5.74, 6) is -0.0492. The van der Waals surface area contributed by atoms with Crippen LogP contribution in [0.5, 0.6) is 0 Å². The monoisotopic (exact) mass is 348 g/mol. The average molecular weight is 348 g/mol. The molecule has 1 spiro atoms. The maximum atomic E-state index is 13.0. The number of imidazole rings is 1. The Morgan fingerprint density at radius 2 is 1.96 bits per heavy atom. The number of likely N-dealkylation sites (tertiary alicyclic amines) is 1. The number of rotatable bonds is 1. The lowest BCUT2D eigenvalue weighted by Gasteiger charge is -2.42. The summed E-state index contributed by atoms with van der Waals surface area (Å²) in [6.07, 6.45) is 5.15. The van der Waals surface area contributed by atoms with Crippen LogP contribution >= 0.6 is 0 Å². The zero-order chi connectivity index (χ0) is 17.7. The minimum atomic E-state index is -0.366. The lowest BCUT2D eigenvalue weighted by Crippen LogP contribution is -2.49. The van der Waals surface area contributed by atoms with E-state index in [9.17, 15) is 9.90 Å². The molecule has 1 fully saturated rings. The van der Waals surface area contributed by atoms with E-state index in [0.29, 0.717) is 30.9 Å². The number of fused-ring (bicyclic) bond motifs is 3. The molecule has 3 heterocycles. The predicted octanol–water partition coefficient (Wildman–Crippen LogP) is 1.82. The number of carbonyl (C=O) groups is 1. The summed E-state index contributed by atoms with van der Waals surface area (Å²) in [4.78, 5) is 19.1. The van der Waals surface area contributed by atoms with Crippen LogP contribution in [-0.4, -0.2) is 49.7 Å². The van der Waals surface area contributed by atoms with Crippen molar-refractivity contribution < 1.29 is 9.90 Å². The van der Waals surface area contributed by atoms with Gasteiger partial charge in [-0.05, 0) is 42.5 Å². The number of aromatic nitrogens is 3. The van der Waals surface area contributed by atoms with Crippen LogP contribution in [0.4, 0.5) is 0 Å². The summed E-state index contributed by atoms with van der Waals surface area (Å²) in [5, 5.41) is 15.0. The zero-order valence-electron chi connectivity index (χ0n) is 14.4. The Kier molecular flexibility index (Phi) is 3.37. The number of aliphatic hydroxyl groups is 1. The van der Waals surface area contributed by atoms with E-state index < -0.39 is 0 Å². The van der Waals surface area contributed by atoms with Crippen molar-refractivity contribution in [3.8, 4) is 0 Å².